The molecule has 3 nitrogen and oxygen atoms in total. The van der Waals surface area contributed by atoms with Crippen molar-refractivity contribution in [1.29, 1.82) is 0 Å². The lowest BCUT2D eigenvalue weighted by atomic mass is 9.32. The van der Waals surface area contributed by atoms with E-state index in [1.54, 1.807) is 0 Å². The van der Waals surface area contributed by atoms with Gasteiger partial charge in [0.2, 0.25) is 0 Å². The largest absolute Gasteiger partial charge is 0.371 e. The van der Waals surface area contributed by atoms with Gasteiger partial charge in [0.05, 0.1) is 0 Å². The van der Waals surface area contributed by atoms with Crippen molar-refractivity contribution in [3.8, 4) is 44.5 Å². The Morgan fingerprint density at radius 1 is 0.271 bits per heavy atom. The Morgan fingerprint density at radius 3 is 0.844 bits per heavy atom. The zero-order valence-corrected chi connectivity index (χ0v) is 60.8. The van der Waals surface area contributed by atoms with Crippen LogP contribution >= 0.6 is 0 Å². The highest BCUT2D eigenvalue weighted by molar-refractivity contribution is 7.00. The van der Waals surface area contributed by atoms with E-state index >= 15 is 0 Å². The molecule has 0 spiro atoms. The van der Waals surface area contributed by atoms with Crippen LogP contribution in [-0.4, -0.2) is 19.8 Å². The fraction of sp³-hybridized carbons (Fsp3) is 0.413. The summed E-state index contributed by atoms with van der Waals surface area (Å²) in [6.07, 6.45) is 14.0. The third kappa shape index (κ3) is 9.45. The van der Waals surface area contributed by atoms with Gasteiger partial charge in [-0.15, -0.1) is 0 Å². The second-order valence-electron chi connectivity index (χ2n) is 36.5. The molecule has 96 heavy (non-hydrogen) atoms. The molecule has 9 aromatic carbocycles. The van der Waals surface area contributed by atoms with Crippen LogP contribution in [0.3, 0.4) is 0 Å². The van der Waals surface area contributed by atoms with E-state index < -0.39 is 0 Å². The highest BCUT2D eigenvalue weighted by atomic mass is 15.2. The van der Waals surface area contributed by atoms with Crippen molar-refractivity contribution >= 4 is 62.9 Å². The third-order valence-electron chi connectivity index (χ3n) is 26.6. The highest BCUT2D eigenvalue weighted by Gasteiger charge is 2.49. The fourth-order valence-corrected chi connectivity index (χ4v) is 20.0. The summed E-state index contributed by atoms with van der Waals surface area (Å²) < 4.78 is 0. The number of rotatable bonds is 6. The quantitative estimate of drug-likeness (QED) is 0.154. The van der Waals surface area contributed by atoms with Crippen molar-refractivity contribution < 1.29 is 0 Å². The minimum atomic E-state index is -0.0444. The maximum Gasteiger partial charge on any atom is 0.252 e. The monoisotopic (exact) mass is 1260 g/mol. The van der Waals surface area contributed by atoms with E-state index in [2.05, 4.69) is 283 Å². The Bertz CT molecular complexity index is 4440. The van der Waals surface area contributed by atoms with E-state index in [1.165, 1.54) is 208 Å². The van der Waals surface area contributed by atoms with Gasteiger partial charge < -0.3 is 14.7 Å². The van der Waals surface area contributed by atoms with E-state index in [0.29, 0.717) is 0 Å². The van der Waals surface area contributed by atoms with Crippen molar-refractivity contribution in [3.63, 3.8) is 0 Å². The summed E-state index contributed by atoms with van der Waals surface area (Å²) in [6.45, 7) is 41.5. The average Bonchev–Trinajstić information content (AvgIpc) is 0.680. The Labute approximate surface area is 576 Å². The first kappa shape index (κ1) is 62.0. The van der Waals surface area contributed by atoms with Crippen LogP contribution in [0.15, 0.2) is 158 Å². The molecule has 0 aromatic heterocycles. The SMILES string of the molecule is CC1(C)CCC(C)(C)c2cc(-c3ccc(N4c5ccc(-c6ccc7c(c6)C(C)(C)CCC7(C)C)cc5B5c6cc(-c7ccc8c(c7)C(C)(C)CCC8(C)C)ccc6N(c6ccc(-c7ccc8c(c7)C(C)(C)CCC8(C)C)cc6)c6c7c8c(c4c65)CCCN8CCC7)cc3)ccc21. The first-order chi connectivity index (χ1) is 45.5. The van der Waals surface area contributed by atoms with Crippen LogP contribution in [0.4, 0.5) is 39.8 Å². The van der Waals surface area contributed by atoms with Crippen LogP contribution in [0.1, 0.15) is 231 Å². The van der Waals surface area contributed by atoms with Gasteiger partial charge in [-0.3, -0.25) is 0 Å². The normalized spacial score (nSPS) is 20.9. The summed E-state index contributed by atoms with van der Waals surface area (Å²) in [6, 6.07) is 65.0. The van der Waals surface area contributed by atoms with Crippen molar-refractivity contribution in [2.75, 3.05) is 27.8 Å². The molecular formula is C92H102BN3. The summed E-state index contributed by atoms with van der Waals surface area (Å²) in [7, 11) is 0. The maximum absolute atomic E-state index is 2.80. The number of hydrogen-bond acceptors (Lipinski definition) is 3. The molecule has 4 aliphatic heterocycles. The summed E-state index contributed by atoms with van der Waals surface area (Å²) in [4.78, 5) is 8.34. The molecule has 4 heteroatoms. The molecule has 0 fully saturated rings. The molecule has 0 unspecified atom stereocenters. The lowest BCUT2D eigenvalue weighted by molar-refractivity contribution is 0.332. The molecule has 17 rings (SSSR count). The second kappa shape index (κ2) is 21.0. The van der Waals surface area contributed by atoms with Gasteiger partial charge in [0.25, 0.3) is 6.71 Å². The summed E-state index contributed by atoms with van der Waals surface area (Å²) in [5.74, 6) is 0. The molecule has 0 bridgehead atoms. The average molecular weight is 1260 g/mol. The van der Waals surface area contributed by atoms with Crippen LogP contribution in [0.5, 0.6) is 0 Å². The standard InChI is InChI=1S/C92H102BN3/c1-85(2)41-45-89(9,10)73-51-59(25-35-69(73)85)57-21-31-65(32-22-57)95-79-39-29-63(61-27-37-71-75(53-61)91(13,14)47-43-87(71,5)6)55-77(79)93-78-56-64(62-28-38-72-76(54-62)92(15,16)48-44-88(72,7)8)30-40-80(78)96(84-68-20-18-50-94-49-17-19-67(82(68)94)83(95)81(84)93)66-33-23-58(24-34-66)60-26-36-70-74(52-60)90(11,12)46-42-86(70,3)4/h21-40,51-56H,17-20,41-50H2,1-16H3. The molecule has 0 radical (unpaired) electrons. The zero-order valence-electron chi connectivity index (χ0n) is 60.8. The third-order valence-corrected chi connectivity index (χ3v) is 26.6. The van der Waals surface area contributed by atoms with Crippen LogP contribution in [0, 0.1) is 0 Å². The summed E-state index contributed by atoms with van der Waals surface area (Å²) in [5, 5.41) is 0. The van der Waals surface area contributed by atoms with E-state index in [1.807, 2.05) is 0 Å². The van der Waals surface area contributed by atoms with E-state index in [4.69, 9.17) is 0 Å². The zero-order chi connectivity index (χ0) is 66.8. The minimum Gasteiger partial charge on any atom is -0.371 e. The predicted molar refractivity (Wildman–Crippen MR) is 412 cm³/mol. The van der Waals surface area contributed by atoms with Crippen molar-refractivity contribution in [2.45, 2.75) is 231 Å². The Morgan fingerprint density at radius 2 is 0.531 bits per heavy atom. The molecule has 4 aliphatic carbocycles. The van der Waals surface area contributed by atoms with Gasteiger partial charge in [-0.05, 0) is 273 Å². The molecule has 488 valence electrons. The van der Waals surface area contributed by atoms with E-state index in [-0.39, 0.29) is 50.0 Å². The van der Waals surface area contributed by atoms with Gasteiger partial charge in [-0.1, -0.05) is 232 Å². The maximum atomic E-state index is 2.80. The van der Waals surface area contributed by atoms with Crippen LogP contribution in [0.2, 0.25) is 0 Å². The topological polar surface area (TPSA) is 9.72 Å². The van der Waals surface area contributed by atoms with Gasteiger partial charge in [0.1, 0.15) is 0 Å². The smallest absolute Gasteiger partial charge is 0.252 e. The number of fused-ring (bicyclic) bond motifs is 10. The van der Waals surface area contributed by atoms with Crippen molar-refractivity contribution in [2.24, 2.45) is 0 Å². The molecule has 0 saturated heterocycles. The Balaban J connectivity index is 0.918. The highest BCUT2D eigenvalue weighted by Crippen LogP contribution is 2.57. The molecule has 8 aliphatic rings. The number of nitrogens with zero attached hydrogens (tertiary/aromatic N) is 3. The summed E-state index contributed by atoms with van der Waals surface area (Å²) in [5.41, 5.74) is 40.1. The summed E-state index contributed by atoms with van der Waals surface area (Å²) >= 11 is 0. The van der Waals surface area contributed by atoms with Gasteiger partial charge in [0.15, 0.2) is 0 Å². The molecule has 0 N–H and O–H groups in total. The Kier molecular flexibility index (Phi) is 13.6. The number of hydrogen-bond donors (Lipinski definition) is 0. The van der Waals surface area contributed by atoms with Crippen molar-refractivity contribution in [3.05, 3.63) is 213 Å². The predicted octanol–water partition coefficient (Wildman–Crippen LogP) is 22.5. The van der Waals surface area contributed by atoms with Gasteiger partial charge in [-0.2, -0.15) is 0 Å². The van der Waals surface area contributed by atoms with Gasteiger partial charge >= 0.3 is 0 Å². The number of anilines is 7. The minimum absolute atomic E-state index is 0.0444. The van der Waals surface area contributed by atoms with Crippen LogP contribution in [-0.2, 0) is 56.2 Å². The first-order valence-corrected chi connectivity index (χ1v) is 37.2. The second-order valence-corrected chi connectivity index (χ2v) is 36.5. The van der Waals surface area contributed by atoms with Crippen molar-refractivity contribution in [1.82, 2.24) is 0 Å². The molecule has 0 atom stereocenters. The lowest BCUT2D eigenvalue weighted by Gasteiger charge is -2.49. The molecule has 4 heterocycles. The Hall–Kier alpha value is -7.56. The fourth-order valence-electron chi connectivity index (χ4n) is 20.0. The molecule has 9 aromatic rings. The van der Waals surface area contributed by atoms with Crippen LogP contribution in [0.25, 0.3) is 44.5 Å². The first-order valence-electron chi connectivity index (χ1n) is 37.2. The number of benzene rings is 9. The van der Waals surface area contributed by atoms with E-state index in [9.17, 15) is 0 Å². The molecular weight excluding hydrogens is 1160 g/mol. The molecule has 0 amide bonds. The van der Waals surface area contributed by atoms with Gasteiger partial charge in [0, 0.05) is 52.9 Å². The molecule has 0 saturated carbocycles. The lowest BCUT2D eigenvalue weighted by Crippen LogP contribution is -2.62. The van der Waals surface area contributed by atoms with Crippen LogP contribution < -0.4 is 31.1 Å². The van der Waals surface area contributed by atoms with E-state index in [0.717, 1.165) is 38.8 Å². The van der Waals surface area contributed by atoms with Gasteiger partial charge in [-0.25, -0.2) is 0 Å².